The summed E-state index contributed by atoms with van der Waals surface area (Å²) in [5, 5.41) is 22.0. The van der Waals surface area contributed by atoms with Crippen molar-refractivity contribution in [2.75, 3.05) is 24.2 Å². The van der Waals surface area contributed by atoms with Crippen LogP contribution in [0, 0.1) is 0 Å². The van der Waals surface area contributed by atoms with Crippen molar-refractivity contribution in [3.8, 4) is 0 Å². The van der Waals surface area contributed by atoms with Crippen LogP contribution in [0.4, 0.5) is 5.82 Å². The number of fused-ring (bicyclic) bond motifs is 5. The zero-order valence-corrected chi connectivity index (χ0v) is 19.9. The summed E-state index contributed by atoms with van der Waals surface area (Å²) in [5.41, 5.74) is 5.00. The Morgan fingerprint density at radius 2 is 1.67 bits per heavy atom. The standard InChI is InChI=1S/C22H30N4O2S2/c1-11(2)17-15-8-6-7-14(15)16-18-19(30-21(16)23-17)20(25-22(24-18)29-5)26(9-12(3)27)10-13(4)28/h11-13,27-28H,6-10H2,1-5H3/t12-,13+. The van der Waals surface area contributed by atoms with Gasteiger partial charge in [-0.05, 0) is 56.4 Å². The van der Waals surface area contributed by atoms with E-state index in [0.717, 1.165) is 40.1 Å². The monoisotopic (exact) mass is 446 g/mol. The van der Waals surface area contributed by atoms with Crippen molar-refractivity contribution in [1.82, 2.24) is 15.0 Å². The van der Waals surface area contributed by atoms with Crippen molar-refractivity contribution < 1.29 is 10.2 Å². The first-order chi connectivity index (χ1) is 14.3. The van der Waals surface area contributed by atoms with Gasteiger partial charge in [0.15, 0.2) is 11.0 Å². The Bertz CT molecular complexity index is 1070. The molecule has 3 heterocycles. The van der Waals surface area contributed by atoms with Gasteiger partial charge < -0.3 is 15.1 Å². The Hall–Kier alpha value is -1.48. The largest absolute Gasteiger partial charge is 0.392 e. The molecule has 0 saturated heterocycles. The molecule has 0 fully saturated rings. The fraction of sp³-hybridized carbons (Fsp3) is 0.591. The maximum absolute atomic E-state index is 10.1. The molecule has 2 N–H and O–H groups in total. The number of aromatic nitrogens is 3. The normalized spacial score (nSPS) is 15.9. The third-order valence-electron chi connectivity index (χ3n) is 5.53. The second-order valence-electron chi connectivity index (χ2n) is 8.56. The molecule has 30 heavy (non-hydrogen) atoms. The molecule has 0 bridgehead atoms. The average Bonchev–Trinajstić information content (AvgIpc) is 3.28. The third kappa shape index (κ3) is 3.90. The number of aryl methyl sites for hydroxylation is 1. The molecule has 0 unspecified atom stereocenters. The fourth-order valence-corrected chi connectivity index (χ4v) is 5.96. The van der Waals surface area contributed by atoms with Gasteiger partial charge in [-0.25, -0.2) is 15.0 Å². The van der Waals surface area contributed by atoms with Crippen LogP contribution in [0.5, 0.6) is 0 Å². The van der Waals surface area contributed by atoms with Crippen LogP contribution in [0.25, 0.3) is 20.4 Å². The van der Waals surface area contributed by atoms with Gasteiger partial charge in [-0.1, -0.05) is 25.6 Å². The Morgan fingerprint density at radius 1 is 1.00 bits per heavy atom. The first-order valence-electron chi connectivity index (χ1n) is 10.6. The lowest BCUT2D eigenvalue weighted by Crippen LogP contribution is -2.37. The molecule has 6 nitrogen and oxygen atoms in total. The molecule has 0 radical (unpaired) electrons. The number of nitrogens with zero attached hydrogens (tertiary/aromatic N) is 4. The van der Waals surface area contributed by atoms with Gasteiger partial charge in [0.2, 0.25) is 0 Å². The zero-order valence-electron chi connectivity index (χ0n) is 18.3. The summed E-state index contributed by atoms with van der Waals surface area (Å²) in [6, 6.07) is 0. The molecule has 0 spiro atoms. The molecule has 162 valence electrons. The number of rotatable bonds is 7. The SMILES string of the molecule is CSc1nc(N(C[C@H](C)O)C[C@@H](C)O)c2sc3nc(C(C)C)c4c(c3c2n1)CCC4. The van der Waals surface area contributed by atoms with Crippen molar-refractivity contribution in [2.45, 2.75) is 70.2 Å². The molecule has 2 atom stereocenters. The van der Waals surface area contributed by atoms with Gasteiger partial charge in [0, 0.05) is 24.2 Å². The lowest BCUT2D eigenvalue weighted by Gasteiger charge is -2.27. The van der Waals surface area contributed by atoms with Gasteiger partial charge in [-0.2, -0.15) is 0 Å². The van der Waals surface area contributed by atoms with E-state index in [2.05, 4.69) is 13.8 Å². The molecule has 1 aliphatic rings. The number of thioether (sulfide) groups is 1. The molecule has 0 amide bonds. The van der Waals surface area contributed by atoms with Crippen LogP contribution in [0.3, 0.4) is 0 Å². The summed E-state index contributed by atoms with van der Waals surface area (Å²) in [6.45, 7) is 8.76. The molecule has 3 aromatic heterocycles. The van der Waals surface area contributed by atoms with E-state index in [1.807, 2.05) is 11.2 Å². The maximum Gasteiger partial charge on any atom is 0.189 e. The fourth-order valence-electron chi connectivity index (χ4n) is 4.43. The molecular formula is C22H30N4O2S2. The highest BCUT2D eigenvalue weighted by Crippen LogP contribution is 2.43. The molecule has 8 heteroatoms. The molecule has 1 aliphatic carbocycles. The summed E-state index contributed by atoms with van der Waals surface area (Å²) in [4.78, 5) is 17.8. The lowest BCUT2D eigenvalue weighted by molar-refractivity contribution is 0.178. The van der Waals surface area contributed by atoms with Gasteiger partial charge in [0.25, 0.3) is 0 Å². The van der Waals surface area contributed by atoms with Crippen LogP contribution in [0.15, 0.2) is 5.16 Å². The van der Waals surface area contributed by atoms with E-state index in [9.17, 15) is 10.2 Å². The highest BCUT2D eigenvalue weighted by molar-refractivity contribution is 7.98. The first-order valence-corrected chi connectivity index (χ1v) is 12.6. The second-order valence-corrected chi connectivity index (χ2v) is 10.3. The van der Waals surface area contributed by atoms with Crippen LogP contribution in [-0.4, -0.2) is 56.7 Å². The Kier molecular flexibility index (Phi) is 6.21. The van der Waals surface area contributed by atoms with E-state index in [1.165, 1.54) is 34.0 Å². The van der Waals surface area contributed by atoms with Crippen molar-refractivity contribution in [2.24, 2.45) is 0 Å². The topological polar surface area (TPSA) is 82.4 Å². The number of aliphatic hydroxyl groups is 2. The molecule has 4 rings (SSSR count). The summed E-state index contributed by atoms with van der Waals surface area (Å²) in [6.07, 6.45) is 4.24. The van der Waals surface area contributed by atoms with E-state index in [1.54, 1.807) is 25.2 Å². The van der Waals surface area contributed by atoms with Crippen LogP contribution >= 0.6 is 23.1 Å². The number of thiophene rings is 1. The highest BCUT2D eigenvalue weighted by Gasteiger charge is 2.27. The van der Waals surface area contributed by atoms with Crippen molar-refractivity contribution >= 4 is 49.3 Å². The second kappa shape index (κ2) is 8.57. The maximum atomic E-state index is 10.1. The third-order valence-corrected chi connectivity index (χ3v) is 7.14. The molecule has 3 aromatic rings. The predicted molar refractivity (Wildman–Crippen MR) is 126 cm³/mol. The molecule has 0 saturated carbocycles. The van der Waals surface area contributed by atoms with Gasteiger partial charge >= 0.3 is 0 Å². The molecule has 0 aliphatic heterocycles. The molecular weight excluding hydrogens is 416 g/mol. The number of hydrogen-bond donors (Lipinski definition) is 2. The van der Waals surface area contributed by atoms with Crippen LogP contribution in [0.2, 0.25) is 0 Å². The van der Waals surface area contributed by atoms with E-state index in [0.29, 0.717) is 24.2 Å². The molecule has 0 aromatic carbocycles. The van der Waals surface area contributed by atoms with Crippen LogP contribution in [-0.2, 0) is 12.8 Å². The highest BCUT2D eigenvalue weighted by atomic mass is 32.2. The smallest absolute Gasteiger partial charge is 0.189 e. The minimum absolute atomic E-state index is 0.390. The van der Waals surface area contributed by atoms with Gasteiger partial charge in [0.05, 0.1) is 22.4 Å². The van der Waals surface area contributed by atoms with Crippen LogP contribution in [0.1, 0.15) is 56.9 Å². The number of aliphatic hydroxyl groups excluding tert-OH is 2. The van der Waals surface area contributed by atoms with Crippen molar-refractivity contribution in [1.29, 1.82) is 0 Å². The predicted octanol–water partition coefficient (Wildman–Crippen LogP) is 4.14. The Labute approximate surface area is 185 Å². The van der Waals surface area contributed by atoms with E-state index >= 15 is 0 Å². The lowest BCUT2D eigenvalue weighted by atomic mass is 9.99. The number of anilines is 1. The van der Waals surface area contributed by atoms with E-state index in [-0.39, 0.29) is 0 Å². The summed E-state index contributed by atoms with van der Waals surface area (Å²) < 4.78 is 0.992. The summed E-state index contributed by atoms with van der Waals surface area (Å²) in [5.74, 6) is 1.17. The first kappa shape index (κ1) is 21.7. The minimum atomic E-state index is -0.532. The summed E-state index contributed by atoms with van der Waals surface area (Å²) >= 11 is 3.15. The zero-order chi connectivity index (χ0) is 21.6. The van der Waals surface area contributed by atoms with Crippen LogP contribution < -0.4 is 4.90 Å². The number of hydrogen-bond acceptors (Lipinski definition) is 8. The number of pyridine rings is 1. The van der Waals surface area contributed by atoms with E-state index in [4.69, 9.17) is 15.0 Å². The summed E-state index contributed by atoms with van der Waals surface area (Å²) in [7, 11) is 0. The van der Waals surface area contributed by atoms with Crippen molar-refractivity contribution in [3.05, 3.63) is 16.8 Å². The minimum Gasteiger partial charge on any atom is -0.392 e. The van der Waals surface area contributed by atoms with Gasteiger partial charge in [0.1, 0.15) is 4.83 Å². The Balaban J connectivity index is 2.02. The average molecular weight is 447 g/mol. The van der Waals surface area contributed by atoms with Gasteiger partial charge in [-0.3, -0.25) is 0 Å². The Morgan fingerprint density at radius 3 is 2.27 bits per heavy atom. The van der Waals surface area contributed by atoms with Gasteiger partial charge in [-0.15, -0.1) is 11.3 Å². The van der Waals surface area contributed by atoms with E-state index < -0.39 is 12.2 Å². The van der Waals surface area contributed by atoms with Crippen molar-refractivity contribution in [3.63, 3.8) is 0 Å². The quantitative estimate of drug-likeness (QED) is 0.417.